The Bertz CT molecular complexity index is 237. The highest BCUT2D eigenvalue weighted by atomic mass is 35.6. The molecule has 1 aromatic rings. The monoisotopic (exact) mass is 210 g/mol. The molecule has 1 aromatic carbocycles. The molecule has 0 amide bonds. The number of alkyl halides is 3. The zero-order chi connectivity index (χ0) is 8.48. The summed E-state index contributed by atoms with van der Waals surface area (Å²) in [5.74, 6) is 0.156. The number of rotatable bonds is 0. The van der Waals surface area contributed by atoms with Gasteiger partial charge in [0.15, 0.2) is 0 Å². The maximum absolute atomic E-state index is 8.89. The second-order valence-corrected chi connectivity index (χ2v) is 4.33. The van der Waals surface area contributed by atoms with Crippen molar-refractivity contribution < 1.29 is 5.11 Å². The van der Waals surface area contributed by atoms with Crippen LogP contribution in [0.25, 0.3) is 0 Å². The van der Waals surface area contributed by atoms with E-state index in [0.717, 1.165) is 0 Å². The van der Waals surface area contributed by atoms with Crippen molar-refractivity contribution in [3.8, 4) is 5.75 Å². The summed E-state index contributed by atoms with van der Waals surface area (Å²) in [5, 5.41) is 8.89. The highest BCUT2D eigenvalue weighted by molar-refractivity contribution is 6.66. The van der Waals surface area contributed by atoms with E-state index in [-0.39, 0.29) is 5.75 Å². The molecule has 0 saturated heterocycles. The molecule has 0 radical (unpaired) electrons. The predicted molar refractivity (Wildman–Crippen MR) is 47.3 cm³/mol. The molecule has 60 valence electrons. The van der Waals surface area contributed by atoms with Crippen LogP contribution in [0.3, 0.4) is 0 Å². The van der Waals surface area contributed by atoms with Gasteiger partial charge in [-0.25, -0.2) is 0 Å². The smallest absolute Gasteiger partial charge is 0.216 e. The van der Waals surface area contributed by atoms with Gasteiger partial charge in [-0.2, -0.15) is 0 Å². The van der Waals surface area contributed by atoms with Crippen LogP contribution in [0.2, 0.25) is 0 Å². The van der Waals surface area contributed by atoms with E-state index >= 15 is 0 Å². The van der Waals surface area contributed by atoms with Gasteiger partial charge in [-0.15, -0.1) is 0 Å². The summed E-state index contributed by atoms with van der Waals surface area (Å²) in [4.78, 5) is 0. The van der Waals surface area contributed by atoms with Gasteiger partial charge in [-0.3, -0.25) is 0 Å². The molecule has 1 nitrogen and oxygen atoms in total. The van der Waals surface area contributed by atoms with Crippen LogP contribution in [0.15, 0.2) is 24.3 Å². The lowest BCUT2D eigenvalue weighted by atomic mass is 10.2. The van der Waals surface area contributed by atoms with Crippen LogP contribution >= 0.6 is 34.8 Å². The van der Waals surface area contributed by atoms with Gasteiger partial charge < -0.3 is 5.11 Å². The zero-order valence-corrected chi connectivity index (χ0v) is 7.66. The first-order valence-corrected chi connectivity index (χ1v) is 4.00. The number of phenolic OH excluding ortho intramolecular Hbond substituents is 1. The van der Waals surface area contributed by atoms with Crippen molar-refractivity contribution in [2.45, 2.75) is 3.79 Å². The first kappa shape index (κ1) is 8.98. The molecular weight excluding hydrogens is 206 g/mol. The number of hydrogen-bond donors (Lipinski definition) is 1. The van der Waals surface area contributed by atoms with Crippen molar-refractivity contribution in [3.05, 3.63) is 29.8 Å². The fourth-order valence-corrected chi connectivity index (χ4v) is 1.03. The van der Waals surface area contributed by atoms with E-state index in [1.807, 2.05) is 0 Å². The summed E-state index contributed by atoms with van der Waals surface area (Å²) < 4.78 is -1.41. The largest absolute Gasteiger partial charge is 0.508 e. The predicted octanol–water partition coefficient (Wildman–Crippen LogP) is 3.22. The average Bonchev–Trinajstić information content (AvgIpc) is 1.86. The number of benzene rings is 1. The van der Waals surface area contributed by atoms with Crippen LogP contribution in [0.5, 0.6) is 5.75 Å². The van der Waals surface area contributed by atoms with Gasteiger partial charge in [0.05, 0.1) is 0 Å². The average molecular weight is 211 g/mol. The first-order valence-electron chi connectivity index (χ1n) is 2.86. The molecule has 0 aromatic heterocycles. The maximum Gasteiger partial charge on any atom is 0.216 e. The van der Waals surface area contributed by atoms with Crippen LogP contribution < -0.4 is 0 Å². The topological polar surface area (TPSA) is 20.2 Å². The summed E-state index contributed by atoms with van der Waals surface area (Å²) in [7, 11) is 0. The normalized spacial score (nSPS) is 11.5. The van der Waals surface area contributed by atoms with Crippen LogP contribution in [0, 0.1) is 0 Å². The summed E-state index contributed by atoms with van der Waals surface area (Å²) in [5.41, 5.74) is 0.542. The standard InChI is InChI=1S/C7H5Cl3O/c8-7(9,10)5-1-3-6(11)4-2-5/h1-4,11H. The van der Waals surface area contributed by atoms with E-state index in [0.29, 0.717) is 5.56 Å². The Morgan fingerprint density at radius 2 is 1.45 bits per heavy atom. The summed E-state index contributed by atoms with van der Waals surface area (Å²) in [6.07, 6.45) is 0. The second-order valence-electron chi connectivity index (χ2n) is 2.04. The molecule has 0 heterocycles. The minimum absolute atomic E-state index is 0.156. The quantitative estimate of drug-likeness (QED) is 0.653. The SMILES string of the molecule is Oc1ccc(C(Cl)(Cl)Cl)cc1. The second kappa shape index (κ2) is 3.10. The Morgan fingerprint density at radius 1 is 1.00 bits per heavy atom. The minimum atomic E-state index is -1.41. The van der Waals surface area contributed by atoms with Gasteiger partial charge in [-0.05, 0) is 12.1 Å². The Labute approximate surface area is 79.5 Å². The van der Waals surface area contributed by atoms with E-state index < -0.39 is 3.79 Å². The molecule has 0 fully saturated rings. The Hall–Kier alpha value is -0.110. The first-order chi connectivity index (χ1) is 5.00. The van der Waals surface area contributed by atoms with Crippen molar-refractivity contribution in [1.29, 1.82) is 0 Å². The molecule has 1 rings (SSSR count). The van der Waals surface area contributed by atoms with Crippen molar-refractivity contribution in [3.63, 3.8) is 0 Å². The van der Waals surface area contributed by atoms with Crippen molar-refractivity contribution >= 4 is 34.8 Å². The lowest BCUT2D eigenvalue weighted by molar-refractivity contribution is 0.475. The minimum Gasteiger partial charge on any atom is -0.508 e. The van der Waals surface area contributed by atoms with Crippen LogP contribution in [-0.2, 0) is 3.79 Å². The third-order valence-corrected chi connectivity index (χ3v) is 1.85. The maximum atomic E-state index is 8.89. The Morgan fingerprint density at radius 3 is 1.82 bits per heavy atom. The van der Waals surface area contributed by atoms with E-state index in [4.69, 9.17) is 39.9 Å². The highest BCUT2D eigenvalue weighted by Gasteiger charge is 2.21. The summed E-state index contributed by atoms with van der Waals surface area (Å²) >= 11 is 16.7. The third kappa shape index (κ3) is 2.44. The molecule has 0 aliphatic rings. The fourth-order valence-electron chi connectivity index (χ4n) is 0.650. The third-order valence-electron chi connectivity index (χ3n) is 1.19. The number of phenols is 1. The van der Waals surface area contributed by atoms with Crippen LogP contribution in [0.1, 0.15) is 5.56 Å². The molecule has 1 N–H and O–H groups in total. The van der Waals surface area contributed by atoms with Gasteiger partial charge in [0.25, 0.3) is 0 Å². The fraction of sp³-hybridized carbons (Fsp3) is 0.143. The van der Waals surface area contributed by atoms with E-state index in [1.165, 1.54) is 12.1 Å². The van der Waals surface area contributed by atoms with Crippen molar-refractivity contribution in [2.24, 2.45) is 0 Å². The molecule has 0 unspecified atom stereocenters. The Balaban J connectivity index is 2.99. The highest BCUT2D eigenvalue weighted by Crippen LogP contribution is 2.38. The molecule has 0 aliphatic carbocycles. The lowest BCUT2D eigenvalue weighted by Crippen LogP contribution is -1.98. The molecule has 0 saturated carbocycles. The van der Waals surface area contributed by atoms with E-state index in [1.54, 1.807) is 12.1 Å². The van der Waals surface area contributed by atoms with Crippen molar-refractivity contribution in [2.75, 3.05) is 0 Å². The molecule has 11 heavy (non-hydrogen) atoms. The van der Waals surface area contributed by atoms with Gasteiger partial charge in [0.1, 0.15) is 5.75 Å². The molecule has 0 bridgehead atoms. The van der Waals surface area contributed by atoms with Crippen LogP contribution in [-0.4, -0.2) is 5.11 Å². The van der Waals surface area contributed by atoms with Gasteiger partial charge in [0.2, 0.25) is 3.79 Å². The molecular formula is C7H5Cl3O. The zero-order valence-electron chi connectivity index (χ0n) is 5.39. The lowest BCUT2D eigenvalue weighted by Gasteiger charge is -2.09. The van der Waals surface area contributed by atoms with Crippen molar-refractivity contribution in [1.82, 2.24) is 0 Å². The van der Waals surface area contributed by atoms with Gasteiger partial charge in [-0.1, -0.05) is 46.9 Å². The summed E-state index contributed by atoms with van der Waals surface area (Å²) in [6.45, 7) is 0. The van der Waals surface area contributed by atoms with E-state index in [9.17, 15) is 0 Å². The van der Waals surface area contributed by atoms with Crippen LogP contribution in [0.4, 0.5) is 0 Å². The molecule has 4 heteroatoms. The van der Waals surface area contributed by atoms with Gasteiger partial charge in [0, 0.05) is 5.56 Å². The van der Waals surface area contributed by atoms with E-state index in [2.05, 4.69) is 0 Å². The molecule has 0 spiro atoms. The van der Waals surface area contributed by atoms with Gasteiger partial charge >= 0.3 is 0 Å². The number of hydrogen-bond acceptors (Lipinski definition) is 1. The molecule has 0 atom stereocenters. The number of halogens is 3. The summed E-state index contributed by atoms with van der Waals surface area (Å²) in [6, 6.07) is 6.05. The Kier molecular flexibility index (Phi) is 2.53. The number of aromatic hydroxyl groups is 1. The molecule has 0 aliphatic heterocycles.